The van der Waals surface area contributed by atoms with Crippen molar-refractivity contribution >= 4 is 0 Å². The van der Waals surface area contributed by atoms with Crippen LogP contribution in [-0.4, -0.2) is 0 Å². The third-order valence-corrected chi connectivity index (χ3v) is 3.03. The van der Waals surface area contributed by atoms with Crippen LogP contribution in [0, 0.1) is 28.6 Å². The summed E-state index contributed by atoms with van der Waals surface area (Å²) in [5.41, 5.74) is 0.309. The van der Waals surface area contributed by atoms with E-state index in [1.165, 1.54) is 0 Å². The molecule has 0 N–H and O–H groups in total. The number of nitriles is 1. The normalized spacial score (nSPS) is 32.8. The number of hydrogen-bond acceptors (Lipinski definition) is 1. The minimum absolute atomic E-state index is 0.309. The molecule has 0 saturated heterocycles. The van der Waals surface area contributed by atoms with E-state index in [4.69, 9.17) is 5.26 Å². The van der Waals surface area contributed by atoms with Crippen molar-refractivity contribution in [1.82, 2.24) is 0 Å². The van der Waals surface area contributed by atoms with Crippen LogP contribution in [0.5, 0.6) is 0 Å². The molecule has 1 aliphatic carbocycles. The maximum atomic E-state index is 8.69. The Hall–Kier alpha value is -0.770. The molecule has 0 heterocycles. The fraction of sp³-hybridized carbons (Fsp3) is 0.727. The molecule has 0 radical (unpaired) electrons. The van der Waals surface area contributed by atoms with E-state index < -0.39 is 0 Å². The van der Waals surface area contributed by atoms with E-state index in [0.717, 1.165) is 6.42 Å². The highest BCUT2D eigenvalue weighted by Crippen LogP contribution is 2.41. The molecule has 66 valence electrons. The molecular formula is C11H17N. The lowest BCUT2D eigenvalue weighted by Gasteiger charge is -2.38. The van der Waals surface area contributed by atoms with E-state index in [0.29, 0.717) is 23.7 Å². The molecule has 0 saturated carbocycles. The monoisotopic (exact) mass is 163 g/mol. The zero-order chi connectivity index (χ0) is 9.19. The molecule has 0 aliphatic heterocycles. The van der Waals surface area contributed by atoms with Crippen LogP contribution >= 0.6 is 0 Å². The standard InChI is InChI=1S/C11H17N/c1-9-5-4-7-11(2,3)10(9)6-8-12/h4-5,9-10H,6-7H2,1-3H3. The van der Waals surface area contributed by atoms with Gasteiger partial charge in [0.05, 0.1) is 6.07 Å². The molecular weight excluding hydrogens is 146 g/mol. The summed E-state index contributed by atoms with van der Waals surface area (Å²) in [7, 11) is 0. The average Bonchev–Trinajstić information content (AvgIpc) is 1.97. The second-order valence-corrected chi connectivity index (χ2v) is 4.45. The van der Waals surface area contributed by atoms with E-state index >= 15 is 0 Å². The average molecular weight is 163 g/mol. The van der Waals surface area contributed by atoms with Gasteiger partial charge in [0, 0.05) is 6.42 Å². The second kappa shape index (κ2) is 3.31. The Labute approximate surface area is 75.1 Å². The Morgan fingerprint density at radius 3 is 2.75 bits per heavy atom. The van der Waals surface area contributed by atoms with Gasteiger partial charge in [0.15, 0.2) is 0 Å². The van der Waals surface area contributed by atoms with Gasteiger partial charge in [-0.15, -0.1) is 0 Å². The van der Waals surface area contributed by atoms with Gasteiger partial charge in [-0.25, -0.2) is 0 Å². The smallest absolute Gasteiger partial charge is 0.0625 e. The van der Waals surface area contributed by atoms with E-state index in [1.807, 2.05) is 0 Å². The SMILES string of the molecule is CC1C=CCC(C)(C)C1CC#N. The van der Waals surface area contributed by atoms with Crippen LogP contribution in [-0.2, 0) is 0 Å². The third-order valence-electron chi connectivity index (χ3n) is 3.03. The maximum Gasteiger partial charge on any atom is 0.0625 e. The molecule has 0 aromatic heterocycles. The van der Waals surface area contributed by atoms with Gasteiger partial charge < -0.3 is 0 Å². The van der Waals surface area contributed by atoms with Crippen molar-refractivity contribution < 1.29 is 0 Å². The zero-order valence-electron chi connectivity index (χ0n) is 8.17. The van der Waals surface area contributed by atoms with Gasteiger partial charge in [-0.2, -0.15) is 5.26 Å². The summed E-state index contributed by atoms with van der Waals surface area (Å²) in [6.07, 6.45) is 6.30. The van der Waals surface area contributed by atoms with Gasteiger partial charge in [0.2, 0.25) is 0 Å². The lowest BCUT2D eigenvalue weighted by Crippen LogP contribution is -2.30. The third kappa shape index (κ3) is 1.69. The van der Waals surface area contributed by atoms with Crippen molar-refractivity contribution in [3.05, 3.63) is 12.2 Å². The quantitative estimate of drug-likeness (QED) is 0.545. The topological polar surface area (TPSA) is 23.8 Å². The Balaban J connectivity index is 2.79. The Morgan fingerprint density at radius 2 is 2.25 bits per heavy atom. The Morgan fingerprint density at radius 1 is 1.58 bits per heavy atom. The molecule has 0 aromatic carbocycles. The van der Waals surface area contributed by atoms with Gasteiger partial charge in [-0.3, -0.25) is 0 Å². The van der Waals surface area contributed by atoms with Crippen LogP contribution in [0.15, 0.2) is 12.2 Å². The fourth-order valence-corrected chi connectivity index (χ4v) is 2.14. The highest BCUT2D eigenvalue weighted by atomic mass is 14.4. The molecule has 1 rings (SSSR count). The molecule has 0 aromatic rings. The zero-order valence-corrected chi connectivity index (χ0v) is 8.17. The van der Waals surface area contributed by atoms with Crippen molar-refractivity contribution in [2.75, 3.05) is 0 Å². The minimum atomic E-state index is 0.309. The summed E-state index contributed by atoms with van der Waals surface area (Å²) in [4.78, 5) is 0. The number of rotatable bonds is 1. The first kappa shape index (κ1) is 9.32. The fourth-order valence-electron chi connectivity index (χ4n) is 2.14. The molecule has 1 aliphatic rings. The van der Waals surface area contributed by atoms with Gasteiger partial charge in [-0.1, -0.05) is 32.9 Å². The summed E-state index contributed by atoms with van der Waals surface area (Å²) in [6, 6.07) is 2.29. The molecule has 0 amide bonds. The summed E-state index contributed by atoms with van der Waals surface area (Å²) >= 11 is 0. The molecule has 0 bridgehead atoms. The first-order chi connectivity index (χ1) is 5.58. The minimum Gasteiger partial charge on any atom is -0.198 e. The van der Waals surface area contributed by atoms with Crippen LogP contribution < -0.4 is 0 Å². The van der Waals surface area contributed by atoms with Crippen LogP contribution in [0.1, 0.15) is 33.6 Å². The first-order valence-corrected chi connectivity index (χ1v) is 4.61. The molecule has 0 fully saturated rings. The van der Waals surface area contributed by atoms with Crippen LogP contribution in [0.25, 0.3) is 0 Å². The van der Waals surface area contributed by atoms with E-state index in [1.54, 1.807) is 0 Å². The lowest BCUT2D eigenvalue weighted by molar-refractivity contribution is 0.164. The van der Waals surface area contributed by atoms with Gasteiger partial charge in [-0.05, 0) is 23.7 Å². The molecule has 12 heavy (non-hydrogen) atoms. The number of allylic oxidation sites excluding steroid dienone is 2. The van der Waals surface area contributed by atoms with Crippen molar-refractivity contribution in [3.63, 3.8) is 0 Å². The van der Waals surface area contributed by atoms with Gasteiger partial charge >= 0.3 is 0 Å². The molecule has 0 spiro atoms. The molecule has 2 unspecified atom stereocenters. The van der Waals surface area contributed by atoms with Crippen LogP contribution in [0.4, 0.5) is 0 Å². The number of nitrogens with zero attached hydrogens (tertiary/aromatic N) is 1. The highest BCUT2D eigenvalue weighted by Gasteiger charge is 2.33. The summed E-state index contributed by atoms with van der Waals surface area (Å²) in [5.74, 6) is 1.10. The summed E-state index contributed by atoms with van der Waals surface area (Å²) in [6.45, 7) is 6.73. The molecule has 1 nitrogen and oxygen atoms in total. The maximum absolute atomic E-state index is 8.69. The highest BCUT2D eigenvalue weighted by molar-refractivity contribution is 5.04. The second-order valence-electron chi connectivity index (χ2n) is 4.45. The van der Waals surface area contributed by atoms with Crippen LogP contribution in [0.3, 0.4) is 0 Å². The first-order valence-electron chi connectivity index (χ1n) is 4.61. The molecule has 2 atom stereocenters. The van der Waals surface area contributed by atoms with E-state index in [2.05, 4.69) is 39.0 Å². The van der Waals surface area contributed by atoms with E-state index in [-0.39, 0.29) is 0 Å². The summed E-state index contributed by atoms with van der Waals surface area (Å²) in [5, 5.41) is 8.69. The van der Waals surface area contributed by atoms with Crippen molar-refractivity contribution in [2.24, 2.45) is 17.3 Å². The lowest BCUT2D eigenvalue weighted by atomic mass is 9.66. The van der Waals surface area contributed by atoms with Crippen molar-refractivity contribution in [1.29, 1.82) is 5.26 Å². The molecule has 1 heteroatoms. The van der Waals surface area contributed by atoms with E-state index in [9.17, 15) is 0 Å². The van der Waals surface area contributed by atoms with Crippen LogP contribution in [0.2, 0.25) is 0 Å². The van der Waals surface area contributed by atoms with Gasteiger partial charge in [0.1, 0.15) is 0 Å². The largest absolute Gasteiger partial charge is 0.198 e. The predicted octanol–water partition coefficient (Wildman–Crippen LogP) is 3.14. The summed E-state index contributed by atoms with van der Waals surface area (Å²) < 4.78 is 0. The van der Waals surface area contributed by atoms with Crippen molar-refractivity contribution in [2.45, 2.75) is 33.6 Å². The van der Waals surface area contributed by atoms with Crippen molar-refractivity contribution in [3.8, 4) is 6.07 Å². The predicted molar refractivity (Wildman–Crippen MR) is 50.4 cm³/mol. The Bertz CT molecular complexity index is 220. The number of hydrogen-bond donors (Lipinski definition) is 0. The Kier molecular flexibility index (Phi) is 2.57. The van der Waals surface area contributed by atoms with Gasteiger partial charge in [0.25, 0.3) is 0 Å².